The third-order valence-electron chi connectivity index (χ3n) is 5.17. The lowest BCUT2D eigenvalue weighted by Crippen LogP contribution is -1.99. The van der Waals surface area contributed by atoms with Gasteiger partial charge in [-0.3, -0.25) is 4.79 Å². The van der Waals surface area contributed by atoms with Gasteiger partial charge in [0.05, 0.1) is 24.2 Å². The maximum atomic E-state index is 11.9. The lowest BCUT2D eigenvalue weighted by Gasteiger charge is -2.12. The quantitative estimate of drug-likeness (QED) is 0.233. The van der Waals surface area contributed by atoms with Crippen molar-refractivity contribution in [2.75, 3.05) is 7.11 Å². The van der Waals surface area contributed by atoms with E-state index in [1.165, 1.54) is 13.2 Å². The van der Waals surface area contributed by atoms with Crippen LogP contribution in [0.3, 0.4) is 0 Å². The molecule has 0 saturated heterocycles. The second-order valence-corrected chi connectivity index (χ2v) is 7.28. The van der Waals surface area contributed by atoms with Crippen LogP contribution in [0.1, 0.15) is 21.6 Å². The SMILES string of the molecule is COC(=O)/C=C/c1nn(-c2ccccc2)c(-c2ccc(C)cc2)c1-c1ccccc1C=O. The molecule has 0 atom stereocenters. The summed E-state index contributed by atoms with van der Waals surface area (Å²) in [4.78, 5) is 23.7. The van der Waals surface area contributed by atoms with E-state index in [-0.39, 0.29) is 0 Å². The van der Waals surface area contributed by atoms with Crippen LogP contribution >= 0.6 is 0 Å². The zero-order chi connectivity index (χ0) is 22.5. The number of aryl methyl sites for hydroxylation is 1. The number of methoxy groups -OCH3 is 1. The smallest absolute Gasteiger partial charge is 0.330 e. The average Bonchev–Trinajstić information content (AvgIpc) is 3.22. The Labute approximate surface area is 186 Å². The van der Waals surface area contributed by atoms with Crippen LogP contribution in [0, 0.1) is 6.92 Å². The van der Waals surface area contributed by atoms with Gasteiger partial charge in [0, 0.05) is 22.8 Å². The first-order valence-electron chi connectivity index (χ1n) is 10.2. The molecule has 5 heteroatoms. The number of hydrogen-bond donors (Lipinski definition) is 0. The van der Waals surface area contributed by atoms with E-state index in [0.29, 0.717) is 11.3 Å². The first-order valence-corrected chi connectivity index (χ1v) is 10.2. The minimum absolute atomic E-state index is 0.481. The van der Waals surface area contributed by atoms with Crippen molar-refractivity contribution in [3.8, 4) is 28.1 Å². The molecule has 3 aromatic carbocycles. The summed E-state index contributed by atoms with van der Waals surface area (Å²) in [7, 11) is 1.33. The summed E-state index contributed by atoms with van der Waals surface area (Å²) in [5.74, 6) is -0.481. The van der Waals surface area contributed by atoms with E-state index in [1.807, 2.05) is 84.4 Å². The molecule has 0 fully saturated rings. The van der Waals surface area contributed by atoms with E-state index in [4.69, 9.17) is 9.84 Å². The highest BCUT2D eigenvalue weighted by molar-refractivity contribution is 5.97. The van der Waals surface area contributed by atoms with E-state index in [0.717, 1.165) is 39.9 Å². The Morgan fingerprint density at radius 2 is 1.62 bits per heavy atom. The van der Waals surface area contributed by atoms with Gasteiger partial charge in [-0.1, -0.05) is 72.3 Å². The minimum atomic E-state index is -0.481. The predicted octanol–water partition coefficient (Wildman–Crippen LogP) is 5.51. The van der Waals surface area contributed by atoms with Crippen molar-refractivity contribution in [3.63, 3.8) is 0 Å². The van der Waals surface area contributed by atoms with Gasteiger partial charge in [0.2, 0.25) is 0 Å². The second kappa shape index (κ2) is 9.27. The average molecular weight is 422 g/mol. The summed E-state index contributed by atoms with van der Waals surface area (Å²) in [5, 5.41) is 4.84. The molecule has 0 spiro atoms. The third-order valence-corrected chi connectivity index (χ3v) is 5.17. The predicted molar refractivity (Wildman–Crippen MR) is 126 cm³/mol. The normalized spacial score (nSPS) is 10.9. The molecule has 0 aliphatic carbocycles. The van der Waals surface area contributed by atoms with Gasteiger partial charge in [-0.15, -0.1) is 0 Å². The molecule has 1 heterocycles. The monoisotopic (exact) mass is 422 g/mol. The minimum Gasteiger partial charge on any atom is -0.466 e. The number of ether oxygens (including phenoxy) is 1. The molecule has 0 radical (unpaired) electrons. The number of carbonyl (C=O) groups is 2. The van der Waals surface area contributed by atoms with E-state index in [1.54, 1.807) is 12.1 Å². The van der Waals surface area contributed by atoms with Crippen LogP contribution in [-0.4, -0.2) is 29.1 Å². The van der Waals surface area contributed by atoms with E-state index >= 15 is 0 Å². The molecule has 0 aliphatic heterocycles. The van der Waals surface area contributed by atoms with Crippen molar-refractivity contribution in [2.45, 2.75) is 6.92 Å². The fraction of sp³-hybridized carbons (Fsp3) is 0.0741. The molecule has 0 N–H and O–H groups in total. The summed E-state index contributed by atoms with van der Waals surface area (Å²) < 4.78 is 6.61. The highest BCUT2D eigenvalue weighted by Crippen LogP contribution is 2.38. The fourth-order valence-corrected chi connectivity index (χ4v) is 3.59. The van der Waals surface area contributed by atoms with Gasteiger partial charge in [0.1, 0.15) is 0 Å². The Balaban J connectivity index is 2.09. The molecular formula is C27H22N2O3. The van der Waals surface area contributed by atoms with Crippen LogP contribution in [0.25, 0.3) is 34.1 Å². The summed E-state index contributed by atoms with van der Waals surface area (Å²) in [6.45, 7) is 2.03. The first-order chi connectivity index (χ1) is 15.6. The van der Waals surface area contributed by atoms with Crippen LogP contribution in [0.5, 0.6) is 0 Å². The molecule has 0 unspecified atom stereocenters. The van der Waals surface area contributed by atoms with Crippen LogP contribution in [-0.2, 0) is 9.53 Å². The Morgan fingerprint density at radius 3 is 2.31 bits per heavy atom. The number of para-hydroxylation sites is 1. The Hall–Kier alpha value is -4.25. The number of aldehydes is 1. The van der Waals surface area contributed by atoms with Crippen LogP contribution in [0.15, 0.2) is 84.9 Å². The number of aromatic nitrogens is 2. The Bertz CT molecular complexity index is 1290. The van der Waals surface area contributed by atoms with Gasteiger partial charge in [-0.05, 0) is 30.7 Å². The summed E-state index contributed by atoms with van der Waals surface area (Å²) in [6, 6.07) is 25.3. The molecule has 4 rings (SSSR count). The summed E-state index contributed by atoms with van der Waals surface area (Å²) in [5.41, 5.74) is 6.39. The van der Waals surface area contributed by atoms with E-state index < -0.39 is 5.97 Å². The van der Waals surface area contributed by atoms with Gasteiger partial charge < -0.3 is 4.74 Å². The van der Waals surface area contributed by atoms with Crippen LogP contribution in [0.4, 0.5) is 0 Å². The molecule has 4 aromatic rings. The lowest BCUT2D eigenvalue weighted by atomic mass is 9.94. The lowest BCUT2D eigenvalue weighted by molar-refractivity contribution is -0.134. The number of esters is 1. The highest BCUT2D eigenvalue weighted by atomic mass is 16.5. The molecule has 0 saturated carbocycles. The van der Waals surface area contributed by atoms with E-state index in [9.17, 15) is 9.59 Å². The Morgan fingerprint density at radius 1 is 0.938 bits per heavy atom. The summed E-state index contributed by atoms with van der Waals surface area (Å²) >= 11 is 0. The number of benzene rings is 3. The highest BCUT2D eigenvalue weighted by Gasteiger charge is 2.22. The molecule has 0 aliphatic rings. The molecule has 5 nitrogen and oxygen atoms in total. The van der Waals surface area contributed by atoms with Crippen molar-refractivity contribution >= 4 is 18.3 Å². The topological polar surface area (TPSA) is 61.2 Å². The molecule has 0 amide bonds. The van der Waals surface area contributed by atoms with Crippen molar-refractivity contribution in [2.24, 2.45) is 0 Å². The van der Waals surface area contributed by atoms with Crippen molar-refractivity contribution in [3.05, 3.63) is 102 Å². The third kappa shape index (κ3) is 4.14. The maximum absolute atomic E-state index is 11.9. The van der Waals surface area contributed by atoms with Crippen molar-refractivity contribution < 1.29 is 14.3 Å². The fourth-order valence-electron chi connectivity index (χ4n) is 3.59. The van der Waals surface area contributed by atoms with Crippen molar-refractivity contribution in [1.29, 1.82) is 0 Å². The zero-order valence-corrected chi connectivity index (χ0v) is 17.9. The van der Waals surface area contributed by atoms with Crippen LogP contribution < -0.4 is 0 Å². The van der Waals surface area contributed by atoms with Gasteiger partial charge in [0.15, 0.2) is 6.29 Å². The molecule has 1 aromatic heterocycles. The first kappa shape index (κ1) is 21.0. The maximum Gasteiger partial charge on any atom is 0.330 e. The van der Waals surface area contributed by atoms with Gasteiger partial charge in [0.25, 0.3) is 0 Å². The molecule has 32 heavy (non-hydrogen) atoms. The molecule has 158 valence electrons. The number of nitrogens with zero attached hydrogens (tertiary/aromatic N) is 2. The van der Waals surface area contributed by atoms with Crippen LogP contribution in [0.2, 0.25) is 0 Å². The van der Waals surface area contributed by atoms with Gasteiger partial charge in [-0.25, -0.2) is 9.48 Å². The standard InChI is InChI=1S/C27H22N2O3/c1-19-12-14-20(15-13-19)27-26(23-11-7-6-8-21(23)18-30)24(16-17-25(31)32-2)28-29(27)22-9-4-3-5-10-22/h3-18H,1-2H3/b17-16+. The second-order valence-electron chi connectivity index (χ2n) is 7.28. The van der Waals surface area contributed by atoms with Gasteiger partial charge >= 0.3 is 5.97 Å². The number of carbonyl (C=O) groups excluding carboxylic acids is 2. The largest absolute Gasteiger partial charge is 0.466 e. The molecular weight excluding hydrogens is 400 g/mol. The van der Waals surface area contributed by atoms with E-state index in [2.05, 4.69) is 0 Å². The van der Waals surface area contributed by atoms with Gasteiger partial charge in [-0.2, -0.15) is 5.10 Å². The Kier molecular flexibility index (Phi) is 6.08. The molecule has 0 bridgehead atoms. The number of rotatable bonds is 6. The number of hydrogen-bond acceptors (Lipinski definition) is 4. The zero-order valence-electron chi connectivity index (χ0n) is 17.9. The van der Waals surface area contributed by atoms with Crippen molar-refractivity contribution in [1.82, 2.24) is 9.78 Å². The summed E-state index contributed by atoms with van der Waals surface area (Å²) in [6.07, 6.45) is 3.80.